The van der Waals surface area contributed by atoms with Crippen molar-refractivity contribution >= 4 is 5.78 Å². The number of fused-ring (bicyclic) bond motifs is 2. The van der Waals surface area contributed by atoms with Gasteiger partial charge in [-0.2, -0.15) is 8.78 Å². The molecule has 0 unspecified atom stereocenters. The molecule has 4 nitrogen and oxygen atoms in total. The lowest BCUT2D eigenvalue weighted by atomic mass is 9.61. The van der Waals surface area contributed by atoms with Gasteiger partial charge in [-0.1, -0.05) is 30.3 Å². The second-order valence-electron chi connectivity index (χ2n) is 8.01. The van der Waals surface area contributed by atoms with Crippen LogP contribution in [0.5, 0.6) is 5.75 Å². The predicted octanol–water partition coefficient (Wildman–Crippen LogP) is 4.78. The molecule has 2 heterocycles. The second-order valence-corrected chi connectivity index (χ2v) is 8.01. The number of hydrogen-bond acceptors (Lipinski definition) is 4. The Kier molecular flexibility index (Phi) is 4.78. The number of nitrogens with zero attached hydrogens (tertiary/aromatic N) is 2. The van der Waals surface area contributed by atoms with Gasteiger partial charge >= 0.3 is 0 Å². The molecule has 1 N–H and O–H groups in total. The molecule has 2 aromatic heterocycles. The van der Waals surface area contributed by atoms with Gasteiger partial charge in [0.05, 0.1) is 0 Å². The molecule has 1 aliphatic carbocycles. The largest absolute Gasteiger partial charge is 0.508 e. The fraction of sp³-hybridized carbons (Fsp3) is 0.115. The van der Waals surface area contributed by atoms with Gasteiger partial charge in [0.1, 0.15) is 5.75 Å². The Balaban J connectivity index is 1.80. The van der Waals surface area contributed by atoms with Gasteiger partial charge in [0, 0.05) is 28.9 Å². The van der Waals surface area contributed by atoms with E-state index in [1.807, 2.05) is 12.1 Å². The molecule has 158 valence electrons. The molecule has 0 amide bonds. The standard InChI is InChI=1S/C26H18F2N2O2/c27-23-11-16(7-9-29-23)14-26(15-17-8-10-30-24(28)12-17)21-4-2-1-3-19(21)25(32)20-13-18(31)5-6-22(20)26/h1-13,31H,14-15H2. The normalized spacial score (nSPS) is 14.0. The third-order valence-electron chi connectivity index (χ3n) is 6.04. The maximum absolute atomic E-state index is 14.0. The van der Waals surface area contributed by atoms with Crippen molar-refractivity contribution in [3.05, 3.63) is 124 Å². The van der Waals surface area contributed by atoms with Crippen LogP contribution in [0.3, 0.4) is 0 Å². The lowest BCUT2D eigenvalue weighted by molar-refractivity contribution is 0.102. The van der Waals surface area contributed by atoms with Crippen molar-refractivity contribution in [2.45, 2.75) is 18.3 Å². The Morgan fingerprint density at radius 3 is 1.97 bits per heavy atom. The molecule has 5 rings (SSSR count). The zero-order valence-electron chi connectivity index (χ0n) is 16.9. The summed E-state index contributed by atoms with van der Waals surface area (Å²) in [6, 6.07) is 18.2. The van der Waals surface area contributed by atoms with E-state index in [0.29, 0.717) is 40.7 Å². The first-order chi connectivity index (χ1) is 15.5. The van der Waals surface area contributed by atoms with E-state index in [9.17, 15) is 18.7 Å². The minimum atomic E-state index is -0.810. The molecule has 1 aliphatic rings. The van der Waals surface area contributed by atoms with E-state index in [1.54, 1.807) is 30.3 Å². The quantitative estimate of drug-likeness (QED) is 0.476. The number of halogens is 2. The van der Waals surface area contributed by atoms with Gasteiger partial charge in [-0.3, -0.25) is 4.79 Å². The van der Waals surface area contributed by atoms with Gasteiger partial charge in [-0.05, 0) is 71.5 Å². The Bertz CT molecular complexity index is 1310. The number of pyridine rings is 2. The first kappa shape index (κ1) is 20.0. The van der Waals surface area contributed by atoms with Crippen molar-refractivity contribution in [1.82, 2.24) is 9.97 Å². The molecule has 0 saturated carbocycles. The van der Waals surface area contributed by atoms with E-state index in [1.165, 1.54) is 36.7 Å². The van der Waals surface area contributed by atoms with Gasteiger partial charge in [-0.25, -0.2) is 9.97 Å². The highest BCUT2D eigenvalue weighted by Crippen LogP contribution is 2.47. The topological polar surface area (TPSA) is 63.1 Å². The van der Waals surface area contributed by atoms with E-state index in [-0.39, 0.29) is 11.5 Å². The summed E-state index contributed by atoms with van der Waals surface area (Å²) in [5.74, 6) is -1.41. The van der Waals surface area contributed by atoms with E-state index >= 15 is 0 Å². The summed E-state index contributed by atoms with van der Waals surface area (Å²) >= 11 is 0. The number of phenolic OH excluding ortho intramolecular Hbond substituents is 1. The van der Waals surface area contributed by atoms with Crippen molar-refractivity contribution < 1.29 is 18.7 Å². The Morgan fingerprint density at radius 2 is 1.34 bits per heavy atom. The molecule has 0 radical (unpaired) electrons. The molecule has 0 bridgehead atoms. The first-order valence-electron chi connectivity index (χ1n) is 10.1. The summed E-state index contributed by atoms with van der Waals surface area (Å²) < 4.78 is 28.0. The highest BCUT2D eigenvalue weighted by molar-refractivity contribution is 6.13. The van der Waals surface area contributed by atoms with Crippen LogP contribution in [-0.4, -0.2) is 20.9 Å². The third-order valence-corrected chi connectivity index (χ3v) is 6.04. The van der Waals surface area contributed by atoms with Crippen LogP contribution in [0.4, 0.5) is 8.78 Å². The smallest absolute Gasteiger partial charge is 0.213 e. The summed E-state index contributed by atoms with van der Waals surface area (Å²) in [5.41, 5.74) is 2.94. The number of benzene rings is 2. The molecule has 32 heavy (non-hydrogen) atoms. The average molecular weight is 428 g/mol. The molecule has 0 fully saturated rings. The van der Waals surface area contributed by atoms with Crippen molar-refractivity contribution in [3.8, 4) is 5.75 Å². The maximum Gasteiger partial charge on any atom is 0.213 e. The average Bonchev–Trinajstić information content (AvgIpc) is 2.77. The lowest BCUT2D eigenvalue weighted by Crippen LogP contribution is -2.40. The second kappa shape index (κ2) is 7.64. The van der Waals surface area contributed by atoms with Crippen LogP contribution in [0.15, 0.2) is 79.1 Å². The van der Waals surface area contributed by atoms with Crippen molar-refractivity contribution in [2.75, 3.05) is 0 Å². The number of rotatable bonds is 4. The molecular formula is C26H18F2N2O2. The highest BCUT2D eigenvalue weighted by atomic mass is 19.1. The van der Waals surface area contributed by atoms with Gasteiger partial charge in [0.25, 0.3) is 0 Å². The molecule has 6 heteroatoms. The summed E-state index contributed by atoms with van der Waals surface area (Å²) in [6.45, 7) is 0. The lowest BCUT2D eigenvalue weighted by Gasteiger charge is -2.41. The van der Waals surface area contributed by atoms with Crippen LogP contribution in [0.2, 0.25) is 0 Å². The van der Waals surface area contributed by atoms with Crippen LogP contribution in [0.1, 0.15) is 38.2 Å². The number of ketones is 1. The van der Waals surface area contributed by atoms with Gasteiger partial charge in [0.15, 0.2) is 5.78 Å². The van der Waals surface area contributed by atoms with E-state index in [4.69, 9.17) is 0 Å². The van der Waals surface area contributed by atoms with E-state index in [0.717, 1.165) is 5.56 Å². The molecular weight excluding hydrogens is 410 g/mol. The van der Waals surface area contributed by atoms with E-state index < -0.39 is 17.3 Å². The summed E-state index contributed by atoms with van der Waals surface area (Å²) in [5, 5.41) is 10.1. The van der Waals surface area contributed by atoms with Crippen molar-refractivity contribution in [1.29, 1.82) is 0 Å². The third kappa shape index (κ3) is 3.34. The number of hydrogen-bond donors (Lipinski definition) is 1. The zero-order valence-corrected chi connectivity index (χ0v) is 16.9. The van der Waals surface area contributed by atoms with Crippen LogP contribution in [-0.2, 0) is 18.3 Å². The van der Waals surface area contributed by atoms with Crippen LogP contribution < -0.4 is 0 Å². The number of phenols is 1. The number of carbonyl (C=O) groups is 1. The van der Waals surface area contributed by atoms with Crippen molar-refractivity contribution in [3.63, 3.8) is 0 Å². The minimum Gasteiger partial charge on any atom is -0.508 e. The highest BCUT2D eigenvalue weighted by Gasteiger charge is 2.44. The van der Waals surface area contributed by atoms with Crippen LogP contribution >= 0.6 is 0 Å². The summed E-state index contributed by atoms with van der Waals surface area (Å²) in [7, 11) is 0. The Labute approximate surface area is 183 Å². The number of aromatic nitrogens is 2. The fourth-order valence-electron chi connectivity index (χ4n) is 4.77. The van der Waals surface area contributed by atoms with Crippen molar-refractivity contribution in [2.24, 2.45) is 0 Å². The Morgan fingerprint density at radius 1 is 0.750 bits per heavy atom. The molecule has 0 spiro atoms. The zero-order chi connectivity index (χ0) is 22.3. The van der Waals surface area contributed by atoms with Crippen LogP contribution in [0, 0.1) is 11.9 Å². The minimum absolute atomic E-state index is 0.0182. The summed E-state index contributed by atoms with van der Waals surface area (Å²) in [6.07, 6.45) is 3.50. The molecule has 2 aromatic carbocycles. The monoisotopic (exact) mass is 428 g/mol. The predicted molar refractivity (Wildman–Crippen MR) is 115 cm³/mol. The van der Waals surface area contributed by atoms with Gasteiger partial charge in [0.2, 0.25) is 11.9 Å². The van der Waals surface area contributed by atoms with Gasteiger partial charge < -0.3 is 5.11 Å². The van der Waals surface area contributed by atoms with Crippen LogP contribution in [0.25, 0.3) is 0 Å². The molecule has 0 atom stereocenters. The number of carbonyl (C=O) groups excluding carboxylic acids is 1. The fourth-order valence-corrected chi connectivity index (χ4v) is 4.77. The van der Waals surface area contributed by atoms with E-state index in [2.05, 4.69) is 9.97 Å². The first-order valence-corrected chi connectivity index (χ1v) is 10.1. The van der Waals surface area contributed by atoms with Gasteiger partial charge in [-0.15, -0.1) is 0 Å². The molecule has 0 saturated heterocycles. The molecule has 4 aromatic rings. The Hall–Kier alpha value is -3.93. The molecule has 0 aliphatic heterocycles. The number of aromatic hydroxyl groups is 1. The maximum atomic E-state index is 14.0. The summed E-state index contributed by atoms with van der Waals surface area (Å²) in [4.78, 5) is 20.6. The SMILES string of the molecule is O=C1c2ccccc2C(Cc2ccnc(F)c2)(Cc2ccnc(F)c2)c2ccc(O)cc21.